The second-order valence-electron chi connectivity index (χ2n) is 6.19. The molecule has 6 heteroatoms. The summed E-state index contributed by atoms with van der Waals surface area (Å²) in [6.07, 6.45) is 1.66. The summed E-state index contributed by atoms with van der Waals surface area (Å²) in [4.78, 5) is 17.5. The van der Waals surface area contributed by atoms with Gasteiger partial charge in [0.1, 0.15) is 0 Å². The molecule has 142 valence electrons. The van der Waals surface area contributed by atoms with Crippen LogP contribution in [0.1, 0.15) is 16.2 Å². The van der Waals surface area contributed by atoms with Crippen molar-refractivity contribution >= 4 is 33.0 Å². The number of hydrogen-bond donors (Lipinski definition) is 1. The Kier molecular flexibility index (Phi) is 5.63. The summed E-state index contributed by atoms with van der Waals surface area (Å²) in [5, 5.41) is 7.12. The minimum absolute atomic E-state index is 0.0621. The maximum atomic E-state index is 13.2. The molecular weight excluding hydrogens is 430 g/mol. The first-order valence-electron chi connectivity index (χ1n) is 8.92. The molecule has 1 heterocycles. The number of nitrogens with zero attached hydrogens (tertiary/aromatic N) is 2. The van der Waals surface area contributed by atoms with Gasteiger partial charge in [0.25, 0.3) is 11.7 Å². The smallest absolute Gasteiger partial charge is 0.299 e. The molecule has 0 atom stereocenters. The van der Waals surface area contributed by atoms with Crippen molar-refractivity contribution in [2.45, 2.75) is 0 Å². The van der Waals surface area contributed by atoms with Crippen LogP contribution in [0.3, 0.4) is 0 Å². The Morgan fingerprint density at radius 1 is 0.897 bits per heavy atom. The van der Waals surface area contributed by atoms with E-state index in [4.69, 9.17) is 4.52 Å². The molecule has 0 bridgehead atoms. The van der Waals surface area contributed by atoms with E-state index in [0.29, 0.717) is 11.4 Å². The monoisotopic (exact) mass is 445 g/mol. The van der Waals surface area contributed by atoms with Crippen LogP contribution >= 0.6 is 15.9 Å². The Morgan fingerprint density at radius 3 is 2.24 bits per heavy atom. The molecule has 29 heavy (non-hydrogen) atoms. The number of nitrogens with one attached hydrogen (secondary N) is 1. The average Bonchev–Trinajstić information content (AvgIpc) is 3.27. The fourth-order valence-corrected chi connectivity index (χ4v) is 3.00. The second kappa shape index (κ2) is 8.67. The number of hydrogen-bond acceptors (Lipinski definition) is 5. The van der Waals surface area contributed by atoms with Crippen LogP contribution in [-0.2, 0) is 0 Å². The van der Waals surface area contributed by atoms with E-state index >= 15 is 0 Å². The summed E-state index contributed by atoms with van der Waals surface area (Å²) < 4.78 is 6.19. The number of halogens is 1. The number of carbonyl (C=O) groups is 1. The van der Waals surface area contributed by atoms with Gasteiger partial charge >= 0.3 is 0 Å². The zero-order valence-corrected chi connectivity index (χ0v) is 16.8. The van der Waals surface area contributed by atoms with E-state index in [0.717, 1.165) is 21.3 Å². The number of anilines is 1. The number of Topliss-reactive ketones (excluding diaryl/α,β-unsaturated/α-hetero) is 1. The van der Waals surface area contributed by atoms with Gasteiger partial charge < -0.3 is 9.84 Å². The third kappa shape index (κ3) is 4.50. The highest BCUT2D eigenvalue weighted by molar-refractivity contribution is 9.10. The molecule has 3 aromatic carbocycles. The van der Waals surface area contributed by atoms with Crippen LogP contribution < -0.4 is 5.32 Å². The standard InChI is InChI=1S/C23H16BrN3O2/c24-18-13-11-16(12-14-18)20(15-25-19-9-5-2-6-10-19)21(28)23-26-22(27-29-23)17-7-3-1-4-8-17/h1-15,25H. The Bertz CT molecular complexity index is 1140. The van der Waals surface area contributed by atoms with Crippen LogP contribution in [0.15, 0.2) is 100 Å². The summed E-state index contributed by atoms with van der Waals surface area (Å²) in [7, 11) is 0. The summed E-state index contributed by atoms with van der Waals surface area (Å²) in [6, 6.07) is 26.5. The number of ketones is 1. The number of rotatable bonds is 6. The number of aromatic nitrogens is 2. The van der Waals surface area contributed by atoms with Gasteiger partial charge in [-0.25, -0.2) is 0 Å². The summed E-state index contributed by atoms with van der Waals surface area (Å²) in [5.74, 6) is -0.0431. The zero-order chi connectivity index (χ0) is 20.1. The van der Waals surface area contributed by atoms with E-state index in [1.165, 1.54) is 0 Å². The minimum Gasteiger partial charge on any atom is -0.361 e. The van der Waals surface area contributed by atoms with Gasteiger partial charge in [0.15, 0.2) is 0 Å². The molecule has 0 amide bonds. The van der Waals surface area contributed by atoms with Gasteiger partial charge in [0.2, 0.25) is 5.82 Å². The Labute approximate surface area is 176 Å². The average molecular weight is 446 g/mol. The fourth-order valence-electron chi connectivity index (χ4n) is 2.73. The topological polar surface area (TPSA) is 68.0 Å². The second-order valence-corrected chi connectivity index (χ2v) is 7.11. The maximum Gasteiger partial charge on any atom is 0.299 e. The number of benzene rings is 3. The van der Waals surface area contributed by atoms with E-state index in [9.17, 15) is 4.79 Å². The van der Waals surface area contributed by atoms with Crippen LogP contribution in [-0.4, -0.2) is 15.9 Å². The third-order valence-electron chi connectivity index (χ3n) is 4.21. The predicted molar refractivity (Wildman–Crippen MR) is 116 cm³/mol. The molecule has 4 aromatic rings. The lowest BCUT2D eigenvalue weighted by atomic mass is 10.0. The van der Waals surface area contributed by atoms with E-state index in [1.54, 1.807) is 6.20 Å². The molecule has 0 saturated carbocycles. The molecule has 1 N–H and O–H groups in total. The molecule has 0 aliphatic heterocycles. The summed E-state index contributed by atoms with van der Waals surface area (Å²) in [6.45, 7) is 0. The van der Waals surface area contributed by atoms with Crippen molar-refractivity contribution < 1.29 is 9.32 Å². The molecule has 0 radical (unpaired) electrons. The Hall–Kier alpha value is -3.51. The van der Waals surface area contributed by atoms with E-state index < -0.39 is 0 Å². The van der Waals surface area contributed by atoms with Crippen LogP contribution in [0.4, 0.5) is 5.69 Å². The lowest BCUT2D eigenvalue weighted by Gasteiger charge is -2.07. The summed E-state index contributed by atoms with van der Waals surface area (Å²) >= 11 is 3.42. The fraction of sp³-hybridized carbons (Fsp3) is 0. The van der Waals surface area contributed by atoms with Crippen molar-refractivity contribution in [2.24, 2.45) is 0 Å². The van der Waals surface area contributed by atoms with Crippen LogP contribution in [0.5, 0.6) is 0 Å². The van der Waals surface area contributed by atoms with Crippen molar-refractivity contribution in [1.29, 1.82) is 0 Å². The molecule has 0 aliphatic rings. The van der Waals surface area contributed by atoms with Crippen molar-refractivity contribution in [1.82, 2.24) is 10.1 Å². The third-order valence-corrected chi connectivity index (χ3v) is 4.74. The first kappa shape index (κ1) is 18.8. The van der Waals surface area contributed by atoms with Gasteiger partial charge in [-0.15, -0.1) is 0 Å². The van der Waals surface area contributed by atoms with Gasteiger partial charge in [0, 0.05) is 21.9 Å². The molecule has 0 spiro atoms. The SMILES string of the molecule is O=C(C(=CNc1ccccc1)c1ccc(Br)cc1)c1nc(-c2ccccc2)no1. The number of carbonyl (C=O) groups excluding carboxylic acids is 1. The van der Waals surface area contributed by atoms with Crippen LogP contribution in [0.25, 0.3) is 17.0 Å². The molecule has 5 nitrogen and oxygen atoms in total. The van der Waals surface area contributed by atoms with Gasteiger partial charge in [0.05, 0.1) is 5.57 Å². The quantitative estimate of drug-likeness (QED) is 0.298. The maximum absolute atomic E-state index is 13.2. The first-order chi connectivity index (χ1) is 14.2. The molecule has 0 unspecified atom stereocenters. The van der Waals surface area contributed by atoms with E-state index in [1.807, 2.05) is 84.9 Å². The van der Waals surface area contributed by atoms with Gasteiger partial charge in [-0.3, -0.25) is 4.79 Å². The number of allylic oxidation sites excluding steroid dienone is 1. The molecule has 1 aromatic heterocycles. The Balaban J connectivity index is 1.68. The van der Waals surface area contributed by atoms with Gasteiger partial charge in [-0.05, 0) is 29.8 Å². The van der Waals surface area contributed by atoms with Crippen molar-refractivity contribution in [3.8, 4) is 11.4 Å². The zero-order valence-electron chi connectivity index (χ0n) is 15.2. The lowest BCUT2D eigenvalue weighted by Crippen LogP contribution is -2.06. The van der Waals surface area contributed by atoms with Crippen molar-refractivity contribution in [3.05, 3.63) is 107 Å². The minimum atomic E-state index is -0.356. The normalized spacial score (nSPS) is 11.3. The van der Waals surface area contributed by atoms with E-state index in [2.05, 4.69) is 31.4 Å². The molecule has 0 saturated heterocycles. The molecule has 0 aliphatic carbocycles. The largest absolute Gasteiger partial charge is 0.361 e. The highest BCUT2D eigenvalue weighted by Crippen LogP contribution is 2.23. The predicted octanol–water partition coefficient (Wildman–Crippen LogP) is 5.84. The molecular formula is C23H16BrN3O2. The Morgan fingerprint density at radius 2 is 1.55 bits per heavy atom. The van der Waals surface area contributed by atoms with Crippen LogP contribution in [0, 0.1) is 0 Å². The molecule has 4 rings (SSSR count). The van der Waals surface area contributed by atoms with Crippen molar-refractivity contribution in [2.75, 3.05) is 5.32 Å². The summed E-state index contributed by atoms with van der Waals surface area (Å²) in [5.41, 5.74) is 2.81. The highest BCUT2D eigenvalue weighted by atomic mass is 79.9. The molecule has 0 fully saturated rings. The van der Waals surface area contributed by atoms with Crippen molar-refractivity contribution in [3.63, 3.8) is 0 Å². The van der Waals surface area contributed by atoms with E-state index in [-0.39, 0.29) is 11.7 Å². The first-order valence-corrected chi connectivity index (χ1v) is 9.71. The van der Waals surface area contributed by atoms with Gasteiger partial charge in [-0.2, -0.15) is 4.98 Å². The lowest BCUT2D eigenvalue weighted by molar-refractivity contribution is 0.101. The number of para-hydroxylation sites is 1. The highest BCUT2D eigenvalue weighted by Gasteiger charge is 2.22. The van der Waals surface area contributed by atoms with Crippen LogP contribution in [0.2, 0.25) is 0 Å². The van der Waals surface area contributed by atoms with Gasteiger partial charge in [-0.1, -0.05) is 81.8 Å².